The van der Waals surface area contributed by atoms with Crippen molar-refractivity contribution < 1.29 is 9.53 Å². The molecule has 0 aliphatic carbocycles. The van der Waals surface area contributed by atoms with Crippen LogP contribution in [0.1, 0.15) is 11.3 Å². The number of carbonyl (C=O) groups excluding carboxylic acids is 1. The average molecular weight is 345 g/mol. The van der Waals surface area contributed by atoms with Crippen LogP contribution in [-0.4, -0.2) is 22.5 Å². The van der Waals surface area contributed by atoms with E-state index in [1.165, 1.54) is 0 Å². The Hall–Kier alpha value is -2.73. The molecule has 0 aliphatic rings. The van der Waals surface area contributed by atoms with Gasteiger partial charge in [-0.2, -0.15) is 0 Å². The van der Waals surface area contributed by atoms with Gasteiger partial charge in [0.1, 0.15) is 11.4 Å². The van der Waals surface area contributed by atoms with Crippen molar-refractivity contribution >= 4 is 23.3 Å². The summed E-state index contributed by atoms with van der Waals surface area (Å²) in [6, 6.07) is 10.9. The molecule has 0 saturated heterocycles. The molecule has 2 heterocycles. The molecule has 3 rings (SSSR count). The molecule has 0 radical (unpaired) electrons. The van der Waals surface area contributed by atoms with Crippen molar-refractivity contribution in [3.05, 3.63) is 65.1 Å². The van der Waals surface area contributed by atoms with Gasteiger partial charge in [0.25, 0.3) is 0 Å². The van der Waals surface area contributed by atoms with Gasteiger partial charge in [0.2, 0.25) is 0 Å². The first-order valence-corrected chi connectivity index (χ1v) is 7.79. The first-order valence-electron chi connectivity index (χ1n) is 7.42. The van der Waals surface area contributed by atoms with Crippen molar-refractivity contribution in [1.82, 2.24) is 20.0 Å². The zero-order valence-electron chi connectivity index (χ0n) is 13.1. The molecule has 1 aromatic carbocycles. The molecule has 0 atom stereocenters. The number of hydrogen-bond donors (Lipinski definition) is 2. The van der Waals surface area contributed by atoms with Gasteiger partial charge in [-0.15, -0.1) is 0 Å². The second-order valence-corrected chi connectivity index (χ2v) is 5.67. The molecule has 0 spiro atoms. The number of hydrogen-bond acceptors (Lipinski definition) is 3. The molecule has 0 aliphatic heterocycles. The van der Waals surface area contributed by atoms with Crippen molar-refractivity contribution in [2.75, 3.05) is 7.11 Å². The second-order valence-electron chi connectivity index (χ2n) is 5.23. The van der Waals surface area contributed by atoms with Crippen LogP contribution >= 0.6 is 11.6 Å². The minimum Gasteiger partial charge on any atom is -0.497 e. The molecule has 24 heavy (non-hydrogen) atoms. The molecule has 124 valence electrons. The van der Waals surface area contributed by atoms with Gasteiger partial charge in [-0.05, 0) is 29.8 Å². The van der Waals surface area contributed by atoms with Crippen molar-refractivity contribution in [1.29, 1.82) is 0 Å². The summed E-state index contributed by atoms with van der Waals surface area (Å²) < 4.78 is 6.93. The number of carbonyl (C=O) groups is 1. The van der Waals surface area contributed by atoms with E-state index in [1.54, 1.807) is 19.4 Å². The molecule has 7 heteroatoms. The lowest BCUT2D eigenvalue weighted by Gasteiger charge is -2.07. The quantitative estimate of drug-likeness (QED) is 0.747. The van der Waals surface area contributed by atoms with Crippen LogP contribution in [0.5, 0.6) is 5.75 Å². The van der Waals surface area contributed by atoms with E-state index in [4.69, 9.17) is 16.3 Å². The maximum absolute atomic E-state index is 11.9. The largest absolute Gasteiger partial charge is 0.497 e. The van der Waals surface area contributed by atoms with E-state index < -0.39 is 0 Å². The van der Waals surface area contributed by atoms with E-state index in [0.717, 1.165) is 22.7 Å². The topological polar surface area (TPSA) is 67.7 Å². The predicted molar refractivity (Wildman–Crippen MR) is 92.3 cm³/mol. The Morgan fingerprint density at radius 1 is 1.12 bits per heavy atom. The molecule has 3 aromatic rings. The summed E-state index contributed by atoms with van der Waals surface area (Å²) in [5.41, 5.74) is 2.54. The highest BCUT2D eigenvalue weighted by atomic mass is 35.5. The predicted octanol–water partition coefficient (Wildman–Crippen LogP) is 3.00. The summed E-state index contributed by atoms with van der Waals surface area (Å²) in [7, 11) is 1.62. The van der Waals surface area contributed by atoms with Crippen LogP contribution in [0.15, 0.2) is 48.8 Å². The number of imidazole rings is 1. The number of amides is 2. The summed E-state index contributed by atoms with van der Waals surface area (Å²) in [6.45, 7) is 0.782. The van der Waals surface area contributed by atoms with E-state index in [-0.39, 0.29) is 6.03 Å². The third kappa shape index (κ3) is 3.97. The number of fused-ring (bicyclic) bond motifs is 1. The zero-order valence-corrected chi connectivity index (χ0v) is 13.9. The Morgan fingerprint density at radius 2 is 1.88 bits per heavy atom. The van der Waals surface area contributed by atoms with Gasteiger partial charge < -0.3 is 19.8 Å². The lowest BCUT2D eigenvalue weighted by atomic mass is 10.2. The molecule has 0 unspecified atom stereocenters. The third-order valence-corrected chi connectivity index (χ3v) is 3.73. The number of ether oxygens (including phenoxy) is 1. The number of halogens is 1. The van der Waals surface area contributed by atoms with Gasteiger partial charge in [-0.1, -0.05) is 23.7 Å². The number of benzene rings is 1. The molecular weight excluding hydrogens is 328 g/mol. The first-order chi connectivity index (χ1) is 11.6. The molecule has 2 amide bonds. The molecule has 6 nitrogen and oxygen atoms in total. The summed E-state index contributed by atoms with van der Waals surface area (Å²) in [6.07, 6.45) is 3.61. The summed E-state index contributed by atoms with van der Waals surface area (Å²) in [4.78, 5) is 16.3. The molecule has 2 N–H and O–H groups in total. The number of rotatable bonds is 5. The zero-order chi connectivity index (χ0) is 16.9. The van der Waals surface area contributed by atoms with Crippen LogP contribution in [0.3, 0.4) is 0 Å². The second kappa shape index (κ2) is 7.23. The van der Waals surface area contributed by atoms with Crippen LogP contribution in [0.25, 0.3) is 5.65 Å². The van der Waals surface area contributed by atoms with E-state index in [1.807, 2.05) is 40.9 Å². The van der Waals surface area contributed by atoms with Crippen molar-refractivity contribution in [2.45, 2.75) is 13.1 Å². The average Bonchev–Trinajstić information content (AvgIpc) is 3.00. The van der Waals surface area contributed by atoms with Crippen molar-refractivity contribution in [3.63, 3.8) is 0 Å². The lowest BCUT2D eigenvalue weighted by molar-refractivity contribution is 0.240. The molecule has 2 aromatic heterocycles. The van der Waals surface area contributed by atoms with E-state index in [9.17, 15) is 4.79 Å². The summed E-state index contributed by atoms with van der Waals surface area (Å²) >= 11 is 5.94. The molecular formula is C17H17ClN4O2. The fourth-order valence-corrected chi connectivity index (χ4v) is 2.43. The van der Waals surface area contributed by atoms with Gasteiger partial charge in [-0.25, -0.2) is 9.78 Å². The maximum atomic E-state index is 11.9. The minimum absolute atomic E-state index is 0.249. The van der Waals surface area contributed by atoms with E-state index in [0.29, 0.717) is 18.1 Å². The number of methoxy groups -OCH3 is 1. The van der Waals surface area contributed by atoms with Gasteiger partial charge in [0, 0.05) is 18.9 Å². The van der Waals surface area contributed by atoms with Gasteiger partial charge in [0.05, 0.1) is 24.4 Å². The molecule has 0 saturated carbocycles. The number of pyridine rings is 1. The highest BCUT2D eigenvalue weighted by Crippen LogP contribution is 2.12. The fraction of sp³-hybridized carbons (Fsp3) is 0.176. The minimum atomic E-state index is -0.249. The van der Waals surface area contributed by atoms with Gasteiger partial charge in [-0.3, -0.25) is 0 Å². The molecule has 0 bridgehead atoms. The maximum Gasteiger partial charge on any atom is 0.315 e. The van der Waals surface area contributed by atoms with Crippen LogP contribution in [0.2, 0.25) is 5.02 Å². The van der Waals surface area contributed by atoms with Crippen LogP contribution < -0.4 is 15.4 Å². The Labute approximate surface area is 144 Å². The lowest BCUT2D eigenvalue weighted by Crippen LogP contribution is -2.34. The van der Waals surface area contributed by atoms with Crippen LogP contribution in [0, 0.1) is 0 Å². The normalized spacial score (nSPS) is 10.6. The standard InChI is InChI=1S/C17H17ClN4O2/c1-24-15-5-2-12(3-6-15)8-19-17(23)20-9-14-11-22-10-13(18)4-7-16(22)21-14/h2-7,10-11H,8-9H2,1H3,(H2,19,20,23). The Balaban J connectivity index is 1.50. The number of nitrogens with zero attached hydrogens (tertiary/aromatic N) is 2. The van der Waals surface area contributed by atoms with Crippen LogP contribution in [0.4, 0.5) is 4.79 Å². The highest BCUT2D eigenvalue weighted by molar-refractivity contribution is 6.30. The Morgan fingerprint density at radius 3 is 2.62 bits per heavy atom. The Kier molecular flexibility index (Phi) is 4.86. The molecule has 0 fully saturated rings. The van der Waals surface area contributed by atoms with Crippen molar-refractivity contribution in [2.24, 2.45) is 0 Å². The van der Waals surface area contributed by atoms with Crippen LogP contribution in [-0.2, 0) is 13.1 Å². The number of urea groups is 1. The SMILES string of the molecule is COc1ccc(CNC(=O)NCc2cn3cc(Cl)ccc3n2)cc1. The highest BCUT2D eigenvalue weighted by Gasteiger charge is 2.05. The monoisotopic (exact) mass is 344 g/mol. The third-order valence-electron chi connectivity index (χ3n) is 3.51. The number of nitrogens with one attached hydrogen (secondary N) is 2. The van der Waals surface area contributed by atoms with Gasteiger partial charge in [0.15, 0.2) is 0 Å². The van der Waals surface area contributed by atoms with Gasteiger partial charge >= 0.3 is 6.03 Å². The summed E-state index contributed by atoms with van der Waals surface area (Å²) in [5, 5.41) is 6.22. The first kappa shape index (κ1) is 16.1. The smallest absolute Gasteiger partial charge is 0.315 e. The number of aromatic nitrogens is 2. The van der Waals surface area contributed by atoms with Crippen molar-refractivity contribution in [3.8, 4) is 5.75 Å². The van der Waals surface area contributed by atoms with E-state index in [2.05, 4.69) is 15.6 Å². The summed E-state index contributed by atoms with van der Waals surface area (Å²) in [5.74, 6) is 0.787. The fourth-order valence-electron chi connectivity index (χ4n) is 2.26. The van der Waals surface area contributed by atoms with E-state index >= 15 is 0 Å². The Bertz CT molecular complexity index is 845.